The SMILES string of the molecule is O=C(c1ccco1)n1nc(-c2cccnc2)nc1NCc1ccc2[nH]ccc2c1. The molecule has 5 rings (SSSR count). The summed E-state index contributed by atoms with van der Waals surface area (Å²) >= 11 is 0. The normalized spacial score (nSPS) is 11.0. The minimum Gasteiger partial charge on any atom is -0.459 e. The number of hydrogen-bond acceptors (Lipinski definition) is 6. The fraction of sp³-hybridized carbons (Fsp3) is 0.0476. The molecule has 29 heavy (non-hydrogen) atoms. The molecule has 0 unspecified atom stereocenters. The van der Waals surface area contributed by atoms with Crippen molar-refractivity contribution in [1.82, 2.24) is 24.7 Å². The predicted octanol–water partition coefficient (Wildman–Crippen LogP) is 3.72. The molecule has 142 valence electrons. The van der Waals surface area contributed by atoms with E-state index in [0.29, 0.717) is 18.3 Å². The van der Waals surface area contributed by atoms with Gasteiger partial charge in [-0.25, -0.2) is 0 Å². The molecular formula is C21H16N6O2. The van der Waals surface area contributed by atoms with Crippen LogP contribution in [-0.2, 0) is 6.54 Å². The summed E-state index contributed by atoms with van der Waals surface area (Å²) in [6, 6.07) is 15.0. The summed E-state index contributed by atoms with van der Waals surface area (Å²) in [6.45, 7) is 0.484. The van der Waals surface area contributed by atoms with Crippen molar-refractivity contribution in [2.75, 3.05) is 5.32 Å². The molecule has 0 amide bonds. The summed E-state index contributed by atoms with van der Waals surface area (Å²) in [4.78, 5) is 24.6. The van der Waals surface area contributed by atoms with E-state index >= 15 is 0 Å². The van der Waals surface area contributed by atoms with Crippen molar-refractivity contribution in [1.29, 1.82) is 0 Å². The third-order valence-corrected chi connectivity index (χ3v) is 4.52. The zero-order chi connectivity index (χ0) is 19.6. The molecule has 2 N–H and O–H groups in total. The van der Waals surface area contributed by atoms with E-state index in [9.17, 15) is 4.79 Å². The van der Waals surface area contributed by atoms with Gasteiger partial charge in [0.1, 0.15) is 0 Å². The Labute approximate surface area is 165 Å². The molecule has 0 radical (unpaired) electrons. The molecule has 0 fully saturated rings. The van der Waals surface area contributed by atoms with Gasteiger partial charge in [-0.1, -0.05) is 6.07 Å². The zero-order valence-electron chi connectivity index (χ0n) is 15.2. The van der Waals surface area contributed by atoms with Gasteiger partial charge in [-0.05, 0) is 53.4 Å². The molecule has 8 nitrogen and oxygen atoms in total. The number of carbonyl (C=O) groups excluding carboxylic acids is 1. The van der Waals surface area contributed by atoms with Crippen molar-refractivity contribution in [3.63, 3.8) is 0 Å². The average Bonchev–Trinajstić information content (AvgIpc) is 3.52. The van der Waals surface area contributed by atoms with Crippen molar-refractivity contribution < 1.29 is 9.21 Å². The molecule has 0 aliphatic carbocycles. The predicted molar refractivity (Wildman–Crippen MR) is 107 cm³/mol. The van der Waals surface area contributed by atoms with Crippen LogP contribution in [0.2, 0.25) is 0 Å². The third-order valence-electron chi connectivity index (χ3n) is 4.52. The van der Waals surface area contributed by atoms with E-state index in [1.54, 1.807) is 30.6 Å². The Hall–Kier alpha value is -4.20. The minimum absolute atomic E-state index is 0.185. The van der Waals surface area contributed by atoms with Crippen LogP contribution in [0.15, 0.2) is 77.8 Å². The van der Waals surface area contributed by atoms with E-state index in [1.165, 1.54) is 10.9 Å². The highest BCUT2D eigenvalue weighted by atomic mass is 16.3. The molecular weight excluding hydrogens is 368 g/mol. The quantitative estimate of drug-likeness (QED) is 0.479. The van der Waals surface area contributed by atoms with Crippen LogP contribution in [0.5, 0.6) is 0 Å². The van der Waals surface area contributed by atoms with Crippen LogP contribution < -0.4 is 5.32 Å². The Kier molecular flexibility index (Phi) is 4.14. The summed E-state index contributed by atoms with van der Waals surface area (Å²) in [6.07, 6.45) is 6.68. The molecule has 4 aromatic heterocycles. The smallest absolute Gasteiger partial charge is 0.317 e. The van der Waals surface area contributed by atoms with Gasteiger partial charge in [0, 0.05) is 36.2 Å². The first-order valence-electron chi connectivity index (χ1n) is 9.03. The Morgan fingerprint density at radius 3 is 2.97 bits per heavy atom. The number of benzene rings is 1. The first-order valence-corrected chi connectivity index (χ1v) is 9.03. The van der Waals surface area contributed by atoms with Crippen molar-refractivity contribution >= 4 is 22.8 Å². The molecule has 0 saturated heterocycles. The molecule has 0 atom stereocenters. The first kappa shape index (κ1) is 16.9. The zero-order valence-corrected chi connectivity index (χ0v) is 15.2. The number of rotatable bonds is 5. The highest BCUT2D eigenvalue weighted by Crippen LogP contribution is 2.20. The number of anilines is 1. The lowest BCUT2D eigenvalue weighted by Gasteiger charge is -2.06. The number of pyridine rings is 1. The van der Waals surface area contributed by atoms with Gasteiger partial charge < -0.3 is 14.7 Å². The monoisotopic (exact) mass is 384 g/mol. The van der Waals surface area contributed by atoms with Crippen LogP contribution in [0.1, 0.15) is 16.1 Å². The average molecular weight is 384 g/mol. The van der Waals surface area contributed by atoms with Gasteiger partial charge in [0.25, 0.3) is 0 Å². The number of fused-ring (bicyclic) bond motifs is 1. The highest BCUT2D eigenvalue weighted by Gasteiger charge is 2.20. The van der Waals surface area contributed by atoms with Crippen molar-refractivity contribution in [3.8, 4) is 11.4 Å². The lowest BCUT2D eigenvalue weighted by atomic mass is 10.1. The second-order valence-corrected chi connectivity index (χ2v) is 6.45. The summed E-state index contributed by atoms with van der Waals surface area (Å²) < 4.78 is 6.46. The molecule has 0 aliphatic rings. The van der Waals surface area contributed by atoms with E-state index in [-0.39, 0.29) is 5.76 Å². The molecule has 0 bridgehead atoms. The molecule has 5 aromatic rings. The topological polar surface area (TPSA) is 102 Å². The van der Waals surface area contributed by atoms with Crippen LogP contribution in [0.3, 0.4) is 0 Å². The van der Waals surface area contributed by atoms with Crippen LogP contribution in [0.25, 0.3) is 22.3 Å². The molecule has 1 aromatic carbocycles. The fourth-order valence-corrected chi connectivity index (χ4v) is 3.08. The second kappa shape index (κ2) is 7.08. The molecule has 0 aliphatic heterocycles. The van der Waals surface area contributed by atoms with Gasteiger partial charge in [-0.3, -0.25) is 9.78 Å². The fourth-order valence-electron chi connectivity index (χ4n) is 3.08. The largest absolute Gasteiger partial charge is 0.459 e. The Morgan fingerprint density at radius 2 is 2.14 bits per heavy atom. The van der Waals surface area contributed by atoms with E-state index in [4.69, 9.17) is 4.42 Å². The van der Waals surface area contributed by atoms with Gasteiger partial charge in [0.05, 0.1) is 6.26 Å². The number of aromatic amines is 1. The lowest BCUT2D eigenvalue weighted by Crippen LogP contribution is -2.17. The van der Waals surface area contributed by atoms with Crippen LogP contribution in [-0.4, -0.2) is 30.6 Å². The number of carbonyl (C=O) groups is 1. The number of nitrogens with zero attached hydrogens (tertiary/aromatic N) is 4. The maximum absolute atomic E-state index is 12.8. The van der Waals surface area contributed by atoms with Crippen LogP contribution >= 0.6 is 0 Å². The highest BCUT2D eigenvalue weighted by molar-refractivity contribution is 5.94. The Balaban J connectivity index is 1.48. The van der Waals surface area contributed by atoms with Crippen molar-refractivity contribution in [2.24, 2.45) is 0 Å². The number of nitrogens with one attached hydrogen (secondary N) is 2. The van der Waals surface area contributed by atoms with E-state index in [0.717, 1.165) is 22.0 Å². The summed E-state index contributed by atoms with van der Waals surface area (Å²) in [5.74, 6) is 0.520. The summed E-state index contributed by atoms with van der Waals surface area (Å²) in [5, 5.41) is 8.71. The molecule has 0 saturated carbocycles. The third kappa shape index (κ3) is 3.27. The van der Waals surface area contributed by atoms with Gasteiger partial charge in [0.2, 0.25) is 5.95 Å². The maximum Gasteiger partial charge on any atom is 0.317 e. The second-order valence-electron chi connectivity index (χ2n) is 6.45. The Bertz CT molecular complexity index is 1270. The molecule has 0 spiro atoms. The minimum atomic E-state index is -0.402. The van der Waals surface area contributed by atoms with Gasteiger partial charge in [-0.2, -0.15) is 9.67 Å². The van der Waals surface area contributed by atoms with Crippen LogP contribution in [0, 0.1) is 0 Å². The summed E-state index contributed by atoms with van der Waals surface area (Å²) in [5.41, 5.74) is 2.85. The standard InChI is InChI=1S/C21H16N6O2/c28-20(18-4-2-10-29-18)27-21(25-19(26-27)16-3-1-8-22-13-16)24-12-14-5-6-17-15(11-14)7-9-23-17/h1-11,13,23H,12H2,(H,24,25,26). The number of H-pyrrole nitrogens is 1. The lowest BCUT2D eigenvalue weighted by molar-refractivity contribution is 0.0919. The number of hydrogen-bond donors (Lipinski definition) is 2. The molecule has 4 heterocycles. The number of aromatic nitrogens is 5. The Morgan fingerprint density at radius 1 is 1.17 bits per heavy atom. The van der Waals surface area contributed by atoms with Gasteiger partial charge in [-0.15, -0.1) is 5.10 Å². The molecule has 8 heteroatoms. The van der Waals surface area contributed by atoms with Gasteiger partial charge in [0.15, 0.2) is 11.6 Å². The van der Waals surface area contributed by atoms with E-state index in [2.05, 4.69) is 31.4 Å². The first-order chi connectivity index (χ1) is 14.3. The van der Waals surface area contributed by atoms with Gasteiger partial charge >= 0.3 is 5.91 Å². The van der Waals surface area contributed by atoms with Crippen LogP contribution in [0.4, 0.5) is 5.95 Å². The maximum atomic E-state index is 12.8. The van der Waals surface area contributed by atoms with Crippen molar-refractivity contribution in [3.05, 3.63) is 84.7 Å². The van der Waals surface area contributed by atoms with Crippen molar-refractivity contribution in [2.45, 2.75) is 6.54 Å². The van der Waals surface area contributed by atoms with E-state index in [1.807, 2.05) is 30.5 Å². The summed E-state index contributed by atoms with van der Waals surface area (Å²) in [7, 11) is 0. The number of furan rings is 1. The van der Waals surface area contributed by atoms with E-state index < -0.39 is 5.91 Å².